The van der Waals surface area contributed by atoms with Gasteiger partial charge in [-0.2, -0.15) is 0 Å². The first-order valence-corrected chi connectivity index (χ1v) is 10.7. The van der Waals surface area contributed by atoms with Crippen LogP contribution in [0.5, 0.6) is 5.75 Å². The number of hydrogen-bond acceptors (Lipinski definition) is 4. The third-order valence-electron chi connectivity index (χ3n) is 5.57. The van der Waals surface area contributed by atoms with Gasteiger partial charge in [-0.3, -0.25) is 9.89 Å². The number of aliphatic imine (C=N–C) groups is 1. The molecule has 1 unspecified atom stereocenters. The summed E-state index contributed by atoms with van der Waals surface area (Å²) in [6, 6.07) is 8.63. The number of nitrogens with one attached hydrogen (secondary N) is 2. The molecular weight excluding hydrogens is 479 g/mol. The summed E-state index contributed by atoms with van der Waals surface area (Å²) in [6.45, 7) is 5.69. The van der Waals surface area contributed by atoms with Crippen LogP contribution in [0.15, 0.2) is 29.3 Å². The average Bonchev–Trinajstić information content (AvgIpc) is 3.40. The van der Waals surface area contributed by atoms with E-state index < -0.39 is 0 Å². The molecule has 1 atom stereocenters. The fourth-order valence-electron chi connectivity index (χ4n) is 3.76. The molecule has 2 aliphatic rings. The van der Waals surface area contributed by atoms with E-state index in [4.69, 9.17) is 9.47 Å². The second-order valence-electron chi connectivity index (χ2n) is 7.75. The zero-order valence-electron chi connectivity index (χ0n) is 17.9. The molecule has 1 saturated heterocycles. The van der Waals surface area contributed by atoms with Crippen molar-refractivity contribution >= 4 is 29.9 Å². The number of rotatable bonds is 11. The lowest BCUT2D eigenvalue weighted by molar-refractivity contribution is 0.123. The lowest BCUT2D eigenvalue weighted by atomic mass is 10.0. The van der Waals surface area contributed by atoms with Gasteiger partial charge in [-0.15, -0.1) is 24.0 Å². The molecule has 6 nitrogen and oxygen atoms in total. The van der Waals surface area contributed by atoms with Crippen molar-refractivity contribution in [3.63, 3.8) is 0 Å². The van der Waals surface area contributed by atoms with Crippen LogP contribution in [0, 0.1) is 5.92 Å². The molecule has 0 bridgehead atoms. The first-order chi connectivity index (χ1) is 13.8. The number of likely N-dealkylation sites (tertiary alicyclic amines) is 1. The summed E-state index contributed by atoms with van der Waals surface area (Å²) in [5.41, 5.74) is 1.24. The molecule has 1 aromatic carbocycles. The van der Waals surface area contributed by atoms with Crippen LogP contribution in [0.25, 0.3) is 0 Å². The Bertz CT molecular complexity index is 619. The Hall–Kier alpha value is -1.06. The van der Waals surface area contributed by atoms with Crippen LogP contribution in [0.2, 0.25) is 0 Å². The highest BCUT2D eigenvalue weighted by molar-refractivity contribution is 14.0. The van der Waals surface area contributed by atoms with Gasteiger partial charge in [0.05, 0.1) is 13.2 Å². The number of ether oxygens (including phenoxy) is 2. The zero-order valence-corrected chi connectivity index (χ0v) is 20.2. The number of hydrogen-bond donors (Lipinski definition) is 2. The van der Waals surface area contributed by atoms with Crippen LogP contribution in [0.1, 0.15) is 43.7 Å². The molecule has 29 heavy (non-hydrogen) atoms. The Morgan fingerprint density at radius 3 is 2.66 bits per heavy atom. The Kier molecular flexibility index (Phi) is 11.1. The van der Waals surface area contributed by atoms with Crippen molar-refractivity contribution in [2.75, 3.05) is 53.6 Å². The van der Waals surface area contributed by atoms with Crippen LogP contribution in [0.4, 0.5) is 0 Å². The second kappa shape index (κ2) is 13.3. The molecule has 1 saturated carbocycles. The first kappa shape index (κ1) is 24.2. The topological polar surface area (TPSA) is 58.1 Å². The number of benzene rings is 1. The van der Waals surface area contributed by atoms with Gasteiger partial charge >= 0.3 is 0 Å². The predicted octanol–water partition coefficient (Wildman–Crippen LogP) is 3.43. The van der Waals surface area contributed by atoms with E-state index in [-0.39, 0.29) is 30.0 Å². The van der Waals surface area contributed by atoms with Crippen LogP contribution in [0.3, 0.4) is 0 Å². The van der Waals surface area contributed by atoms with Gasteiger partial charge in [-0.1, -0.05) is 18.2 Å². The quantitative estimate of drug-likeness (QED) is 0.204. The maximum Gasteiger partial charge on any atom is 0.191 e. The summed E-state index contributed by atoms with van der Waals surface area (Å²) in [5, 5.41) is 6.92. The molecule has 1 aliphatic carbocycles. The molecule has 164 valence electrons. The van der Waals surface area contributed by atoms with E-state index in [2.05, 4.69) is 32.7 Å². The van der Waals surface area contributed by atoms with Gasteiger partial charge in [0.25, 0.3) is 0 Å². The molecule has 2 fully saturated rings. The molecule has 0 radical (unpaired) electrons. The van der Waals surface area contributed by atoms with Crippen molar-refractivity contribution in [2.24, 2.45) is 10.9 Å². The predicted molar refractivity (Wildman–Crippen MR) is 129 cm³/mol. The minimum absolute atomic E-state index is 0. The first-order valence-electron chi connectivity index (χ1n) is 10.7. The maximum absolute atomic E-state index is 5.70. The number of nitrogens with zero attached hydrogens (tertiary/aromatic N) is 2. The summed E-state index contributed by atoms with van der Waals surface area (Å²) in [7, 11) is 3.58. The van der Waals surface area contributed by atoms with Gasteiger partial charge < -0.3 is 20.1 Å². The van der Waals surface area contributed by atoms with Gasteiger partial charge in [0.15, 0.2) is 5.96 Å². The fraction of sp³-hybridized carbons (Fsp3) is 0.682. The van der Waals surface area contributed by atoms with E-state index in [0.29, 0.717) is 0 Å². The van der Waals surface area contributed by atoms with Crippen molar-refractivity contribution in [1.82, 2.24) is 15.5 Å². The van der Waals surface area contributed by atoms with Crippen molar-refractivity contribution in [3.8, 4) is 5.75 Å². The molecular formula is C22H37IN4O2. The average molecular weight is 516 g/mol. The van der Waals surface area contributed by atoms with E-state index in [1.165, 1.54) is 31.2 Å². The van der Waals surface area contributed by atoms with Crippen LogP contribution < -0.4 is 15.4 Å². The summed E-state index contributed by atoms with van der Waals surface area (Å²) >= 11 is 0. The minimum Gasteiger partial charge on any atom is -0.496 e. The zero-order chi connectivity index (χ0) is 19.6. The molecule has 7 heteroatoms. The minimum atomic E-state index is 0. The van der Waals surface area contributed by atoms with E-state index in [0.717, 1.165) is 63.4 Å². The molecule has 1 aliphatic heterocycles. The van der Waals surface area contributed by atoms with Gasteiger partial charge in [0.1, 0.15) is 5.75 Å². The third-order valence-corrected chi connectivity index (χ3v) is 5.57. The van der Waals surface area contributed by atoms with Crippen molar-refractivity contribution in [2.45, 2.75) is 38.1 Å². The molecule has 3 rings (SSSR count). The van der Waals surface area contributed by atoms with Crippen LogP contribution in [-0.4, -0.2) is 64.4 Å². The van der Waals surface area contributed by atoms with Crippen molar-refractivity contribution in [1.29, 1.82) is 0 Å². The highest BCUT2D eigenvalue weighted by Crippen LogP contribution is 2.31. The largest absolute Gasteiger partial charge is 0.496 e. The molecule has 2 N–H and O–H groups in total. The number of para-hydroxylation sites is 1. The number of methoxy groups -OCH3 is 1. The van der Waals surface area contributed by atoms with E-state index in [9.17, 15) is 0 Å². The molecule has 0 aromatic heterocycles. The number of guanidine groups is 1. The lowest BCUT2D eigenvalue weighted by Crippen LogP contribution is -2.43. The van der Waals surface area contributed by atoms with Crippen LogP contribution >= 0.6 is 24.0 Å². The molecule has 0 spiro atoms. The highest BCUT2D eigenvalue weighted by atomic mass is 127. The third kappa shape index (κ3) is 7.94. The second-order valence-corrected chi connectivity index (χ2v) is 7.75. The van der Waals surface area contributed by atoms with E-state index in [1.54, 1.807) is 7.11 Å². The smallest absolute Gasteiger partial charge is 0.191 e. The lowest BCUT2D eigenvalue weighted by Gasteiger charge is -2.30. The normalized spacial score (nSPS) is 18.2. The van der Waals surface area contributed by atoms with Crippen LogP contribution in [-0.2, 0) is 4.74 Å². The van der Waals surface area contributed by atoms with E-state index in [1.807, 2.05) is 19.2 Å². The summed E-state index contributed by atoms with van der Waals surface area (Å²) in [5.74, 6) is 2.64. The van der Waals surface area contributed by atoms with Gasteiger partial charge in [0.2, 0.25) is 0 Å². The highest BCUT2D eigenvalue weighted by Gasteiger charge is 2.26. The fourth-order valence-corrected chi connectivity index (χ4v) is 3.76. The summed E-state index contributed by atoms with van der Waals surface area (Å²) < 4.78 is 11.3. The molecule has 1 heterocycles. The maximum atomic E-state index is 5.70. The van der Waals surface area contributed by atoms with Gasteiger partial charge in [-0.25, -0.2) is 0 Å². The molecule has 0 amide bonds. The summed E-state index contributed by atoms with van der Waals surface area (Å²) in [6.07, 6.45) is 6.22. The van der Waals surface area contributed by atoms with E-state index >= 15 is 0 Å². The Morgan fingerprint density at radius 2 is 1.97 bits per heavy atom. The van der Waals surface area contributed by atoms with Crippen molar-refractivity contribution < 1.29 is 9.47 Å². The summed E-state index contributed by atoms with van der Waals surface area (Å²) in [4.78, 5) is 6.93. The molecule has 1 aromatic rings. The standard InChI is InChI=1S/C22H36N4O2.HI/c1-23-22(24-12-7-15-28-17-18-10-11-18)25-16-20(26-13-5-6-14-26)19-8-3-4-9-21(19)27-2;/h3-4,8-9,18,20H,5-7,10-17H2,1-2H3,(H2,23,24,25);1H. The van der Waals surface area contributed by atoms with Gasteiger partial charge in [-0.05, 0) is 57.2 Å². The SMILES string of the molecule is CN=C(NCCCOCC1CC1)NCC(c1ccccc1OC)N1CCCC1.I. The Labute approximate surface area is 192 Å². The Balaban J connectivity index is 0.00000300. The Morgan fingerprint density at radius 1 is 1.21 bits per heavy atom. The number of halogens is 1. The monoisotopic (exact) mass is 516 g/mol. The van der Waals surface area contributed by atoms with Crippen molar-refractivity contribution in [3.05, 3.63) is 29.8 Å². The van der Waals surface area contributed by atoms with Gasteiger partial charge in [0, 0.05) is 38.9 Å².